The zero-order chi connectivity index (χ0) is 11.8. The first-order valence-electron chi connectivity index (χ1n) is 6.25. The number of rotatable bonds is 1. The average molecular weight is 226 g/mol. The Kier molecular flexibility index (Phi) is 2.52. The van der Waals surface area contributed by atoms with Gasteiger partial charge in [-0.05, 0) is 31.5 Å². The molecule has 0 spiro atoms. The van der Waals surface area contributed by atoms with Crippen molar-refractivity contribution < 1.29 is 0 Å². The van der Waals surface area contributed by atoms with Gasteiger partial charge in [-0.15, -0.1) is 0 Å². The normalized spacial score (nSPS) is 19.1. The van der Waals surface area contributed by atoms with Crippen LogP contribution in [0.4, 0.5) is 0 Å². The minimum atomic E-state index is 0.461. The van der Waals surface area contributed by atoms with Crippen molar-refractivity contribution in [3.8, 4) is 11.3 Å². The smallest absolute Gasteiger partial charge is 0.0483 e. The molecular formula is C15H18N2. The van der Waals surface area contributed by atoms with Crippen LogP contribution in [0.25, 0.3) is 11.3 Å². The lowest BCUT2D eigenvalue weighted by atomic mass is 10.1. The van der Waals surface area contributed by atoms with Gasteiger partial charge in [0.1, 0.15) is 0 Å². The van der Waals surface area contributed by atoms with Crippen LogP contribution in [0.3, 0.4) is 0 Å². The predicted octanol–water partition coefficient (Wildman–Crippen LogP) is 3.13. The lowest BCUT2D eigenvalue weighted by molar-refractivity contribution is 0.451. The summed E-state index contributed by atoms with van der Waals surface area (Å²) in [5.41, 5.74) is 5.37. The molecule has 0 fully saturated rings. The Hall–Kier alpha value is -1.54. The van der Waals surface area contributed by atoms with Gasteiger partial charge in [-0.3, -0.25) is 0 Å². The van der Waals surface area contributed by atoms with E-state index in [0.717, 1.165) is 13.1 Å². The maximum absolute atomic E-state index is 3.49. The molecule has 2 aromatic rings. The van der Waals surface area contributed by atoms with Gasteiger partial charge in [0.05, 0.1) is 0 Å². The van der Waals surface area contributed by atoms with Crippen LogP contribution in [-0.2, 0) is 6.54 Å². The van der Waals surface area contributed by atoms with Crippen LogP contribution in [0.15, 0.2) is 36.4 Å². The van der Waals surface area contributed by atoms with Crippen LogP contribution < -0.4 is 5.32 Å². The van der Waals surface area contributed by atoms with Crippen LogP contribution in [0.5, 0.6) is 0 Å². The molecule has 1 N–H and O–H groups in total. The van der Waals surface area contributed by atoms with E-state index in [1.54, 1.807) is 0 Å². The molecule has 0 saturated carbocycles. The van der Waals surface area contributed by atoms with Gasteiger partial charge in [-0.25, -0.2) is 0 Å². The van der Waals surface area contributed by atoms with E-state index >= 15 is 0 Å². The molecular weight excluding hydrogens is 208 g/mol. The number of fused-ring (bicyclic) bond motifs is 1. The summed E-state index contributed by atoms with van der Waals surface area (Å²) in [5, 5.41) is 3.49. The van der Waals surface area contributed by atoms with Crippen molar-refractivity contribution in [1.82, 2.24) is 9.88 Å². The summed E-state index contributed by atoms with van der Waals surface area (Å²) in [6.07, 6.45) is 0. The summed E-state index contributed by atoms with van der Waals surface area (Å²) < 4.78 is 2.44. The molecule has 2 heteroatoms. The average Bonchev–Trinajstić information content (AvgIpc) is 2.75. The van der Waals surface area contributed by atoms with Crippen LogP contribution in [0.2, 0.25) is 0 Å². The molecule has 2 nitrogen and oxygen atoms in total. The molecule has 1 atom stereocenters. The third-order valence-electron chi connectivity index (χ3n) is 3.59. The van der Waals surface area contributed by atoms with Crippen LogP contribution in [0, 0.1) is 6.92 Å². The topological polar surface area (TPSA) is 17.0 Å². The maximum atomic E-state index is 3.49. The fraction of sp³-hybridized carbons (Fsp3) is 0.333. The minimum absolute atomic E-state index is 0.461. The second-order valence-corrected chi connectivity index (χ2v) is 4.84. The molecule has 1 aliphatic heterocycles. The summed E-state index contributed by atoms with van der Waals surface area (Å²) in [4.78, 5) is 0. The summed E-state index contributed by atoms with van der Waals surface area (Å²) in [6, 6.07) is 13.7. The molecule has 2 heterocycles. The number of nitrogens with one attached hydrogen (secondary N) is 1. The molecule has 0 radical (unpaired) electrons. The second-order valence-electron chi connectivity index (χ2n) is 4.84. The van der Waals surface area contributed by atoms with Crippen molar-refractivity contribution in [2.24, 2.45) is 0 Å². The Balaban J connectivity index is 2.07. The maximum Gasteiger partial charge on any atom is 0.0483 e. The highest BCUT2D eigenvalue weighted by Crippen LogP contribution is 2.27. The van der Waals surface area contributed by atoms with Crippen LogP contribution >= 0.6 is 0 Å². The standard InChI is InChI=1S/C15H18N2/c1-11-3-5-13(6-4-11)15-8-7-14-12(2)16-9-10-17(14)15/h3-8,12,16H,9-10H2,1-2H3. The van der Waals surface area contributed by atoms with E-state index in [1.165, 1.54) is 22.5 Å². The monoisotopic (exact) mass is 226 g/mol. The number of hydrogen-bond donors (Lipinski definition) is 1. The largest absolute Gasteiger partial charge is 0.342 e. The molecule has 1 aromatic carbocycles. The summed E-state index contributed by atoms with van der Waals surface area (Å²) in [5.74, 6) is 0. The minimum Gasteiger partial charge on any atom is -0.342 e. The summed E-state index contributed by atoms with van der Waals surface area (Å²) >= 11 is 0. The zero-order valence-electron chi connectivity index (χ0n) is 10.4. The summed E-state index contributed by atoms with van der Waals surface area (Å²) in [6.45, 7) is 6.48. The number of nitrogens with zero attached hydrogens (tertiary/aromatic N) is 1. The molecule has 1 aliphatic rings. The van der Waals surface area contributed by atoms with E-state index in [-0.39, 0.29) is 0 Å². The first kappa shape index (κ1) is 10.6. The van der Waals surface area contributed by atoms with E-state index in [1.807, 2.05) is 0 Å². The van der Waals surface area contributed by atoms with Gasteiger partial charge in [0.2, 0.25) is 0 Å². The lowest BCUT2D eigenvalue weighted by Crippen LogP contribution is -2.31. The van der Waals surface area contributed by atoms with E-state index in [2.05, 4.69) is 60.1 Å². The molecule has 17 heavy (non-hydrogen) atoms. The third-order valence-corrected chi connectivity index (χ3v) is 3.59. The predicted molar refractivity (Wildman–Crippen MR) is 71.0 cm³/mol. The van der Waals surface area contributed by atoms with Gasteiger partial charge in [-0.2, -0.15) is 0 Å². The molecule has 0 aliphatic carbocycles. The molecule has 1 aromatic heterocycles. The zero-order valence-corrected chi connectivity index (χ0v) is 10.4. The summed E-state index contributed by atoms with van der Waals surface area (Å²) in [7, 11) is 0. The van der Waals surface area contributed by atoms with Crippen LogP contribution in [-0.4, -0.2) is 11.1 Å². The number of aryl methyl sites for hydroxylation is 1. The van der Waals surface area contributed by atoms with Gasteiger partial charge >= 0.3 is 0 Å². The van der Waals surface area contributed by atoms with Gasteiger partial charge in [0, 0.05) is 30.5 Å². The van der Waals surface area contributed by atoms with Crippen molar-refractivity contribution >= 4 is 0 Å². The van der Waals surface area contributed by atoms with Crippen molar-refractivity contribution in [2.45, 2.75) is 26.4 Å². The first-order chi connectivity index (χ1) is 8.25. The van der Waals surface area contributed by atoms with E-state index in [9.17, 15) is 0 Å². The molecule has 88 valence electrons. The van der Waals surface area contributed by atoms with Crippen molar-refractivity contribution in [3.05, 3.63) is 47.7 Å². The van der Waals surface area contributed by atoms with Crippen molar-refractivity contribution in [3.63, 3.8) is 0 Å². The number of aromatic nitrogens is 1. The SMILES string of the molecule is Cc1ccc(-c2ccc3n2CCNC3C)cc1. The number of hydrogen-bond acceptors (Lipinski definition) is 1. The van der Waals surface area contributed by atoms with Gasteiger partial charge in [0.25, 0.3) is 0 Å². The van der Waals surface area contributed by atoms with E-state index in [4.69, 9.17) is 0 Å². The van der Waals surface area contributed by atoms with E-state index in [0.29, 0.717) is 6.04 Å². The highest BCUT2D eigenvalue weighted by atomic mass is 15.1. The molecule has 0 saturated heterocycles. The van der Waals surface area contributed by atoms with Crippen LogP contribution in [0.1, 0.15) is 24.2 Å². The Morgan fingerprint density at radius 2 is 1.88 bits per heavy atom. The van der Waals surface area contributed by atoms with Gasteiger partial charge in [-0.1, -0.05) is 29.8 Å². The van der Waals surface area contributed by atoms with Crippen molar-refractivity contribution in [2.75, 3.05) is 6.54 Å². The first-order valence-corrected chi connectivity index (χ1v) is 6.25. The second kappa shape index (κ2) is 4.04. The molecule has 3 rings (SSSR count). The number of benzene rings is 1. The van der Waals surface area contributed by atoms with E-state index < -0.39 is 0 Å². The highest BCUT2D eigenvalue weighted by molar-refractivity contribution is 5.61. The quantitative estimate of drug-likeness (QED) is 0.790. The molecule has 0 bridgehead atoms. The Morgan fingerprint density at radius 3 is 2.65 bits per heavy atom. The highest BCUT2D eigenvalue weighted by Gasteiger charge is 2.18. The fourth-order valence-electron chi connectivity index (χ4n) is 2.58. The fourth-order valence-corrected chi connectivity index (χ4v) is 2.58. The Morgan fingerprint density at radius 1 is 1.12 bits per heavy atom. The molecule has 1 unspecified atom stereocenters. The van der Waals surface area contributed by atoms with Gasteiger partial charge < -0.3 is 9.88 Å². The van der Waals surface area contributed by atoms with Crippen molar-refractivity contribution in [1.29, 1.82) is 0 Å². The molecule has 0 amide bonds. The Bertz CT molecular complexity index is 522. The van der Waals surface area contributed by atoms with Gasteiger partial charge in [0.15, 0.2) is 0 Å². The Labute approximate surface area is 102 Å². The third kappa shape index (κ3) is 1.79. The lowest BCUT2D eigenvalue weighted by Gasteiger charge is -2.25.